The van der Waals surface area contributed by atoms with Crippen molar-refractivity contribution in [1.29, 1.82) is 0 Å². The van der Waals surface area contributed by atoms with Gasteiger partial charge in [-0.3, -0.25) is 0 Å². The number of hydrogen-bond acceptors (Lipinski definition) is 2. The van der Waals surface area contributed by atoms with Crippen LogP contribution in [0.4, 0.5) is 0 Å². The molecule has 0 radical (unpaired) electrons. The smallest absolute Gasteiger partial charge is 0.163 e. The van der Waals surface area contributed by atoms with Crippen LogP contribution in [0.1, 0.15) is 12.7 Å². The first kappa shape index (κ1) is 11.4. The summed E-state index contributed by atoms with van der Waals surface area (Å²) in [6, 6.07) is 7.53. The highest BCUT2D eigenvalue weighted by Crippen LogP contribution is 2.21. The van der Waals surface area contributed by atoms with Gasteiger partial charge in [-0.15, -0.1) is 21.8 Å². The van der Waals surface area contributed by atoms with E-state index in [0.29, 0.717) is 10.9 Å². The Balaban J connectivity index is 2.47. The zero-order valence-electron chi connectivity index (χ0n) is 8.82. The van der Waals surface area contributed by atoms with Crippen molar-refractivity contribution in [3.8, 4) is 11.4 Å². The monoisotopic (exact) mass is 255 g/mol. The molecule has 0 aliphatic heterocycles. The van der Waals surface area contributed by atoms with Crippen molar-refractivity contribution in [2.24, 2.45) is 0 Å². The van der Waals surface area contributed by atoms with Gasteiger partial charge in [0.2, 0.25) is 0 Å². The molecule has 0 spiro atoms. The maximum Gasteiger partial charge on any atom is 0.163 e. The van der Waals surface area contributed by atoms with E-state index >= 15 is 0 Å². The Morgan fingerprint density at radius 3 is 2.44 bits per heavy atom. The first-order valence-corrected chi connectivity index (χ1v) is 5.91. The van der Waals surface area contributed by atoms with E-state index in [1.807, 2.05) is 35.8 Å². The van der Waals surface area contributed by atoms with Gasteiger partial charge in [0.15, 0.2) is 5.82 Å². The number of halogens is 2. The standard InChI is InChI=1S/C11H11Cl2N3/c1-2-16-10(7-12)14-15-11(16)8-3-5-9(13)6-4-8/h3-6H,2,7H2,1H3. The van der Waals surface area contributed by atoms with Gasteiger partial charge in [0.25, 0.3) is 0 Å². The largest absolute Gasteiger partial charge is 0.310 e. The Kier molecular flexibility index (Phi) is 3.46. The van der Waals surface area contributed by atoms with Crippen molar-refractivity contribution in [2.45, 2.75) is 19.3 Å². The van der Waals surface area contributed by atoms with Crippen LogP contribution in [0.15, 0.2) is 24.3 Å². The third-order valence-corrected chi connectivity index (χ3v) is 2.86. The minimum atomic E-state index is 0.369. The summed E-state index contributed by atoms with van der Waals surface area (Å²) in [4.78, 5) is 0. The van der Waals surface area contributed by atoms with Gasteiger partial charge >= 0.3 is 0 Å². The lowest BCUT2D eigenvalue weighted by Crippen LogP contribution is -2.01. The normalized spacial score (nSPS) is 10.7. The molecule has 0 saturated carbocycles. The van der Waals surface area contributed by atoms with Gasteiger partial charge in [0, 0.05) is 17.1 Å². The van der Waals surface area contributed by atoms with Gasteiger partial charge < -0.3 is 4.57 Å². The second kappa shape index (κ2) is 4.85. The summed E-state index contributed by atoms with van der Waals surface area (Å²) < 4.78 is 2.00. The van der Waals surface area contributed by atoms with Gasteiger partial charge in [-0.25, -0.2) is 0 Å². The second-order valence-corrected chi connectivity index (χ2v) is 4.03. The molecule has 5 heteroatoms. The van der Waals surface area contributed by atoms with Crippen molar-refractivity contribution >= 4 is 23.2 Å². The summed E-state index contributed by atoms with van der Waals surface area (Å²) in [5, 5.41) is 8.91. The van der Waals surface area contributed by atoms with E-state index in [1.54, 1.807) is 0 Å². The molecule has 0 saturated heterocycles. The Morgan fingerprint density at radius 1 is 1.19 bits per heavy atom. The van der Waals surface area contributed by atoms with Gasteiger partial charge in [0.1, 0.15) is 5.82 Å². The van der Waals surface area contributed by atoms with Crippen LogP contribution < -0.4 is 0 Å². The number of hydrogen-bond donors (Lipinski definition) is 0. The van der Waals surface area contributed by atoms with Crippen molar-refractivity contribution in [3.63, 3.8) is 0 Å². The van der Waals surface area contributed by atoms with E-state index in [1.165, 1.54) is 0 Å². The maximum absolute atomic E-state index is 5.84. The summed E-state index contributed by atoms with van der Waals surface area (Å²) in [6.07, 6.45) is 0. The highest BCUT2D eigenvalue weighted by Gasteiger charge is 2.11. The van der Waals surface area contributed by atoms with E-state index in [2.05, 4.69) is 10.2 Å². The SMILES string of the molecule is CCn1c(CCl)nnc1-c1ccc(Cl)cc1. The molecule has 0 bridgehead atoms. The second-order valence-electron chi connectivity index (χ2n) is 3.32. The molecular weight excluding hydrogens is 245 g/mol. The van der Waals surface area contributed by atoms with Crippen LogP contribution in [-0.4, -0.2) is 14.8 Å². The van der Waals surface area contributed by atoms with Crippen LogP contribution in [0.5, 0.6) is 0 Å². The molecule has 1 heterocycles. The average molecular weight is 256 g/mol. The maximum atomic E-state index is 5.84. The van der Waals surface area contributed by atoms with Crippen LogP contribution in [0.25, 0.3) is 11.4 Å². The number of nitrogens with zero attached hydrogens (tertiary/aromatic N) is 3. The Labute approximate surface area is 104 Å². The quantitative estimate of drug-likeness (QED) is 0.788. The van der Waals surface area contributed by atoms with Crippen LogP contribution in [0.2, 0.25) is 5.02 Å². The number of aromatic nitrogens is 3. The van der Waals surface area contributed by atoms with E-state index in [-0.39, 0.29) is 0 Å². The predicted molar refractivity (Wildman–Crippen MR) is 65.7 cm³/mol. The minimum Gasteiger partial charge on any atom is -0.310 e. The zero-order chi connectivity index (χ0) is 11.5. The fraction of sp³-hybridized carbons (Fsp3) is 0.273. The first-order valence-electron chi connectivity index (χ1n) is 5.00. The summed E-state index contributed by atoms with van der Waals surface area (Å²) in [5.41, 5.74) is 0.995. The molecule has 2 rings (SSSR count). The molecule has 0 N–H and O–H groups in total. The number of rotatable bonds is 3. The van der Waals surface area contributed by atoms with Crippen LogP contribution in [0, 0.1) is 0 Å². The third kappa shape index (κ3) is 2.06. The number of alkyl halides is 1. The van der Waals surface area contributed by atoms with Gasteiger partial charge in [-0.05, 0) is 31.2 Å². The molecule has 0 amide bonds. The molecule has 0 fully saturated rings. The summed E-state index contributed by atoms with van der Waals surface area (Å²) >= 11 is 11.6. The van der Waals surface area contributed by atoms with E-state index in [0.717, 1.165) is 23.8 Å². The highest BCUT2D eigenvalue weighted by molar-refractivity contribution is 6.30. The Morgan fingerprint density at radius 2 is 1.88 bits per heavy atom. The van der Waals surface area contributed by atoms with Crippen molar-refractivity contribution in [2.75, 3.05) is 0 Å². The van der Waals surface area contributed by atoms with Crippen molar-refractivity contribution in [1.82, 2.24) is 14.8 Å². The zero-order valence-corrected chi connectivity index (χ0v) is 10.3. The lowest BCUT2D eigenvalue weighted by Gasteiger charge is -2.05. The van der Waals surface area contributed by atoms with Crippen LogP contribution in [0.3, 0.4) is 0 Å². The fourth-order valence-corrected chi connectivity index (χ4v) is 1.90. The average Bonchev–Trinajstić information content (AvgIpc) is 2.72. The van der Waals surface area contributed by atoms with E-state index in [4.69, 9.17) is 23.2 Å². The molecule has 1 aromatic carbocycles. The molecule has 0 unspecified atom stereocenters. The van der Waals surface area contributed by atoms with Gasteiger partial charge in [-0.1, -0.05) is 11.6 Å². The molecule has 0 atom stereocenters. The summed E-state index contributed by atoms with van der Waals surface area (Å²) in [6.45, 7) is 2.84. The molecular formula is C11H11Cl2N3. The summed E-state index contributed by atoms with van der Waals surface area (Å²) in [7, 11) is 0. The molecule has 3 nitrogen and oxygen atoms in total. The topological polar surface area (TPSA) is 30.7 Å². The van der Waals surface area contributed by atoms with E-state index in [9.17, 15) is 0 Å². The third-order valence-electron chi connectivity index (χ3n) is 2.37. The minimum absolute atomic E-state index is 0.369. The predicted octanol–water partition coefficient (Wildman–Crippen LogP) is 3.36. The van der Waals surface area contributed by atoms with Crippen molar-refractivity contribution < 1.29 is 0 Å². The molecule has 0 aliphatic carbocycles. The van der Waals surface area contributed by atoms with Gasteiger partial charge in [-0.2, -0.15) is 0 Å². The molecule has 0 aliphatic rings. The summed E-state index contributed by atoms with van der Waals surface area (Å²) in [5.74, 6) is 1.98. The van der Waals surface area contributed by atoms with E-state index < -0.39 is 0 Å². The lowest BCUT2D eigenvalue weighted by molar-refractivity contribution is 0.731. The Hall–Kier alpha value is -1.06. The fourth-order valence-electron chi connectivity index (χ4n) is 1.58. The van der Waals surface area contributed by atoms with Crippen LogP contribution in [-0.2, 0) is 12.4 Å². The molecule has 84 valence electrons. The first-order chi connectivity index (χ1) is 7.76. The Bertz CT molecular complexity index is 476. The van der Waals surface area contributed by atoms with Crippen molar-refractivity contribution in [3.05, 3.63) is 35.1 Å². The highest BCUT2D eigenvalue weighted by atomic mass is 35.5. The van der Waals surface area contributed by atoms with Gasteiger partial charge in [0.05, 0.1) is 5.88 Å². The number of benzene rings is 1. The molecule has 1 aromatic heterocycles. The lowest BCUT2D eigenvalue weighted by atomic mass is 10.2. The molecule has 2 aromatic rings. The molecule has 16 heavy (non-hydrogen) atoms. The van der Waals surface area contributed by atoms with Crippen LogP contribution >= 0.6 is 23.2 Å².